The second-order valence-corrected chi connectivity index (χ2v) is 5.41. The lowest BCUT2D eigenvalue weighted by atomic mass is 10.2. The molecule has 0 amide bonds. The number of aryl methyl sites for hydroxylation is 1. The third-order valence-electron chi connectivity index (χ3n) is 3.08. The van der Waals surface area contributed by atoms with Crippen molar-refractivity contribution in [2.45, 2.75) is 13.8 Å². The summed E-state index contributed by atoms with van der Waals surface area (Å²) in [6.45, 7) is 3.69. The van der Waals surface area contributed by atoms with Gasteiger partial charge in [-0.05, 0) is 43.2 Å². The number of hydrogen-bond acceptors (Lipinski definition) is 6. The van der Waals surface area contributed by atoms with Crippen molar-refractivity contribution in [3.63, 3.8) is 0 Å². The second kappa shape index (κ2) is 6.17. The van der Waals surface area contributed by atoms with Gasteiger partial charge in [0.15, 0.2) is 5.00 Å². The van der Waals surface area contributed by atoms with Crippen LogP contribution in [-0.4, -0.2) is 7.05 Å². The Morgan fingerprint density at radius 1 is 1.14 bits per heavy atom. The first kappa shape index (κ1) is 14.7. The molecule has 0 fully saturated rings. The Labute approximate surface area is 127 Å². The summed E-state index contributed by atoms with van der Waals surface area (Å²) < 4.78 is 0. The summed E-state index contributed by atoms with van der Waals surface area (Å²) in [5.74, 6) is 0. The summed E-state index contributed by atoms with van der Waals surface area (Å²) in [4.78, 5) is 0.503. The highest BCUT2D eigenvalue weighted by Crippen LogP contribution is 2.35. The minimum atomic E-state index is 0.421. The molecule has 1 aromatic carbocycles. The predicted octanol–water partition coefficient (Wildman–Crippen LogP) is 4.57. The molecule has 0 aliphatic carbocycles. The lowest BCUT2D eigenvalue weighted by Crippen LogP contribution is -1.87. The van der Waals surface area contributed by atoms with Crippen LogP contribution in [0.15, 0.2) is 28.4 Å². The smallest absolute Gasteiger partial charge is 0.158 e. The minimum Gasteiger partial charge on any atom is -0.388 e. The fourth-order valence-electron chi connectivity index (χ4n) is 1.83. The van der Waals surface area contributed by atoms with Crippen molar-refractivity contribution in [1.82, 2.24) is 0 Å². The summed E-state index contributed by atoms with van der Waals surface area (Å²) in [6, 6.07) is 9.90. The molecule has 104 valence electrons. The standard InChI is InChI=1S/C15H13N5S/c1-9-6-11(18-3)4-5-13(9)19-20-15-12(7-16)10(2)14(8-17)21-15/h4-6,18H,1-3H3. The van der Waals surface area contributed by atoms with Crippen LogP contribution in [0.3, 0.4) is 0 Å². The van der Waals surface area contributed by atoms with Gasteiger partial charge < -0.3 is 5.32 Å². The normalized spacial score (nSPS) is 10.3. The highest BCUT2D eigenvalue weighted by molar-refractivity contribution is 7.16. The Bertz CT molecular complexity index is 790. The van der Waals surface area contributed by atoms with E-state index in [2.05, 4.69) is 27.7 Å². The van der Waals surface area contributed by atoms with Gasteiger partial charge in [-0.15, -0.1) is 21.6 Å². The molecule has 0 spiro atoms. The van der Waals surface area contributed by atoms with E-state index in [0.717, 1.165) is 16.9 Å². The van der Waals surface area contributed by atoms with E-state index in [9.17, 15) is 0 Å². The van der Waals surface area contributed by atoms with Gasteiger partial charge in [0.2, 0.25) is 0 Å². The summed E-state index contributed by atoms with van der Waals surface area (Å²) in [6.07, 6.45) is 0. The van der Waals surface area contributed by atoms with Crippen LogP contribution in [0.25, 0.3) is 0 Å². The largest absolute Gasteiger partial charge is 0.388 e. The highest BCUT2D eigenvalue weighted by atomic mass is 32.1. The van der Waals surface area contributed by atoms with Gasteiger partial charge in [-0.2, -0.15) is 10.5 Å². The monoisotopic (exact) mass is 295 g/mol. The maximum atomic E-state index is 9.17. The van der Waals surface area contributed by atoms with Crippen LogP contribution in [0.5, 0.6) is 0 Å². The van der Waals surface area contributed by atoms with Crippen LogP contribution in [-0.2, 0) is 0 Å². The van der Waals surface area contributed by atoms with E-state index in [0.29, 0.717) is 21.0 Å². The molecule has 21 heavy (non-hydrogen) atoms. The molecule has 2 rings (SSSR count). The first-order chi connectivity index (χ1) is 10.1. The van der Waals surface area contributed by atoms with Crippen molar-refractivity contribution in [1.29, 1.82) is 10.5 Å². The van der Waals surface area contributed by atoms with E-state index in [1.54, 1.807) is 6.92 Å². The number of rotatable bonds is 3. The van der Waals surface area contributed by atoms with Crippen LogP contribution in [0, 0.1) is 36.5 Å². The number of anilines is 1. The van der Waals surface area contributed by atoms with Crippen molar-refractivity contribution >= 4 is 27.7 Å². The molecule has 6 heteroatoms. The number of azo groups is 1. The van der Waals surface area contributed by atoms with E-state index in [4.69, 9.17) is 10.5 Å². The minimum absolute atomic E-state index is 0.421. The van der Waals surface area contributed by atoms with Crippen molar-refractivity contribution < 1.29 is 0 Å². The zero-order chi connectivity index (χ0) is 15.4. The van der Waals surface area contributed by atoms with Crippen molar-refractivity contribution in [3.8, 4) is 12.1 Å². The summed E-state index contributed by atoms with van der Waals surface area (Å²) >= 11 is 1.19. The first-order valence-corrected chi connectivity index (χ1v) is 7.06. The van der Waals surface area contributed by atoms with Crippen LogP contribution >= 0.6 is 11.3 Å². The molecular weight excluding hydrogens is 282 g/mol. The van der Waals surface area contributed by atoms with E-state index in [-0.39, 0.29) is 0 Å². The number of nitrogens with one attached hydrogen (secondary N) is 1. The lowest BCUT2D eigenvalue weighted by molar-refractivity contribution is 1.22. The zero-order valence-electron chi connectivity index (χ0n) is 11.9. The molecule has 0 saturated carbocycles. The maximum absolute atomic E-state index is 9.17. The second-order valence-electron chi connectivity index (χ2n) is 4.41. The summed E-state index contributed by atoms with van der Waals surface area (Å²) in [5, 5.41) is 30.0. The van der Waals surface area contributed by atoms with Crippen molar-refractivity contribution in [2.24, 2.45) is 10.2 Å². The predicted molar refractivity (Wildman–Crippen MR) is 83.4 cm³/mol. The molecule has 1 heterocycles. The van der Waals surface area contributed by atoms with Crippen molar-refractivity contribution in [2.75, 3.05) is 12.4 Å². The number of benzene rings is 1. The number of nitriles is 2. The molecule has 0 radical (unpaired) electrons. The van der Waals surface area contributed by atoms with Crippen LogP contribution in [0.2, 0.25) is 0 Å². The van der Waals surface area contributed by atoms with Gasteiger partial charge in [0.25, 0.3) is 0 Å². The van der Waals surface area contributed by atoms with E-state index in [1.807, 2.05) is 32.2 Å². The Kier molecular flexibility index (Phi) is 4.32. The molecule has 0 unspecified atom stereocenters. The Morgan fingerprint density at radius 2 is 1.90 bits per heavy atom. The number of thiophene rings is 1. The molecule has 2 aromatic rings. The summed E-state index contributed by atoms with van der Waals surface area (Å²) in [7, 11) is 1.85. The Morgan fingerprint density at radius 3 is 2.48 bits per heavy atom. The van der Waals surface area contributed by atoms with Gasteiger partial charge in [-0.3, -0.25) is 0 Å². The fraction of sp³-hybridized carbons (Fsp3) is 0.200. The average Bonchev–Trinajstić information content (AvgIpc) is 2.81. The van der Waals surface area contributed by atoms with E-state index in [1.165, 1.54) is 11.3 Å². The summed E-state index contributed by atoms with van der Waals surface area (Å²) in [5.41, 5.74) is 3.81. The molecule has 0 atom stereocenters. The van der Waals surface area contributed by atoms with Crippen LogP contribution < -0.4 is 5.32 Å². The lowest BCUT2D eigenvalue weighted by Gasteiger charge is -2.03. The van der Waals surface area contributed by atoms with Crippen LogP contribution in [0.1, 0.15) is 21.6 Å². The van der Waals surface area contributed by atoms with E-state index >= 15 is 0 Å². The molecular formula is C15H13N5S. The van der Waals surface area contributed by atoms with Gasteiger partial charge in [-0.25, -0.2) is 0 Å². The Balaban J connectivity index is 2.39. The zero-order valence-corrected chi connectivity index (χ0v) is 12.7. The third kappa shape index (κ3) is 2.91. The molecule has 1 N–H and O–H groups in total. The van der Waals surface area contributed by atoms with Crippen LogP contribution in [0.4, 0.5) is 16.4 Å². The molecule has 1 aromatic heterocycles. The topological polar surface area (TPSA) is 84.3 Å². The number of hydrogen-bond donors (Lipinski definition) is 1. The molecule has 0 aliphatic rings. The Hall–Kier alpha value is -2.70. The van der Waals surface area contributed by atoms with Gasteiger partial charge in [-0.1, -0.05) is 0 Å². The average molecular weight is 295 g/mol. The quantitative estimate of drug-likeness (QED) is 0.842. The van der Waals surface area contributed by atoms with Gasteiger partial charge in [0.1, 0.15) is 17.0 Å². The molecule has 0 bridgehead atoms. The molecule has 0 aliphatic heterocycles. The SMILES string of the molecule is CNc1ccc(N=Nc2sc(C#N)c(C)c2C#N)c(C)c1. The van der Waals surface area contributed by atoms with Gasteiger partial charge >= 0.3 is 0 Å². The van der Waals surface area contributed by atoms with E-state index < -0.39 is 0 Å². The maximum Gasteiger partial charge on any atom is 0.158 e. The number of nitrogens with zero attached hydrogens (tertiary/aromatic N) is 4. The van der Waals surface area contributed by atoms with Gasteiger partial charge in [0, 0.05) is 12.7 Å². The van der Waals surface area contributed by atoms with Crippen molar-refractivity contribution in [3.05, 3.63) is 39.8 Å². The highest BCUT2D eigenvalue weighted by Gasteiger charge is 2.14. The van der Waals surface area contributed by atoms with Gasteiger partial charge in [0.05, 0.1) is 11.3 Å². The first-order valence-electron chi connectivity index (χ1n) is 6.24. The third-order valence-corrected chi connectivity index (χ3v) is 4.16. The molecule has 0 saturated heterocycles. The fourth-order valence-corrected chi connectivity index (χ4v) is 2.71. The molecule has 5 nitrogen and oxygen atoms in total.